The molecule has 8 nitrogen and oxygen atoms in total. The molecule has 34 heavy (non-hydrogen) atoms. The standard InChI is InChI=1S/C24H18ClN3O5S/c1-14-3-2-4-18(7-14)27-23(29)20-6-5-17(25)10-21(20)26-24(27)34-12-16-9-19(28(30)31)8-15-11-32-13-33-22(15)16/h2-10H,11-13H2,1H3. The number of thioether (sulfide) groups is 1. The van der Waals surface area contributed by atoms with Crippen molar-refractivity contribution in [1.29, 1.82) is 0 Å². The van der Waals surface area contributed by atoms with Gasteiger partial charge in [0.15, 0.2) is 11.9 Å². The average molecular weight is 496 g/mol. The molecule has 172 valence electrons. The van der Waals surface area contributed by atoms with Gasteiger partial charge in [-0.05, 0) is 42.8 Å². The zero-order valence-electron chi connectivity index (χ0n) is 18.0. The Bertz CT molecular complexity index is 1500. The Hall–Kier alpha value is -3.40. The van der Waals surface area contributed by atoms with Gasteiger partial charge in [0.25, 0.3) is 11.2 Å². The molecule has 1 aliphatic heterocycles. The molecule has 0 atom stereocenters. The molecule has 0 radical (unpaired) electrons. The molecular weight excluding hydrogens is 478 g/mol. The van der Waals surface area contributed by atoms with Crippen molar-refractivity contribution < 1.29 is 14.4 Å². The number of benzene rings is 3. The van der Waals surface area contributed by atoms with Crippen molar-refractivity contribution >= 4 is 40.0 Å². The topological polar surface area (TPSA) is 96.5 Å². The van der Waals surface area contributed by atoms with Crippen LogP contribution in [0.4, 0.5) is 5.69 Å². The number of fused-ring (bicyclic) bond motifs is 2. The van der Waals surface area contributed by atoms with Crippen LogP contribution < -0.4 is 10.3 Å². The number of hydrogen-bond acceptors (Lipinski definition) is 7. The summed E-state index contributed by atoms with van der Waals surface area (Å²) >= 11 is 7.45. The van der Waals surface area contributed by atoms with Crippen molar-refractivity contribution in [2.75, 3.05) is 6.79 Å². The van der Waals surface area contributed by atoms with E-state index in [-0.39, 0.29) is 24.6 Å². The average Bonchev–Trinajstić information content (AvgIpc) is 2.82. The fraction of sp³-hybridized carbons (Fsp3) is 0.167. The van der Waals surface area contributed by atoms with Gasteiger partial charge in [-0.15, -0.1) is 0 Å². The molecule has 5 rings (SSSR count). The third kappa shape index (κ3) is 4.25. The van der Waals surface area contributed by atoms with Crippen molar-refractivity contribution in [3.8, 4) is 11.4 Å². The number of aryl methyl sites for hydroxylation is 1. The zero-order chi connectivity index (χ0) is 23.8. The van der Waals surface area contributed by atoms with E-state index in [9.17, 15) is 14.9 Å². The molecule has 2 heterocycles. The Balaban J connectivity index is 1.63. The van der Waals surface area contributed by atoms with E-state index in [1.165, 1.54) is 23.9 Å². The van der Waals surface area contributed by atoms with E-state index in [4.69, 9.17) is 26.1 Å². The molecule has 0 unspecified atom stereocenters. The maximum atomic E-state index is 13.5. The van der Waals surface area contributed by atoms with Gasteiger partial charge in [-0.1, -0.05) is 35.5 Å². The lowest BCUT2D eigenvalue weighted by Gasteiger charge is -2.20. The number of nitro benzene ring substituents is 1. The minimum Gasteiger partial charge on any atom is -0.467 e. The molecule has 0 spiro atoms. The van der Waals surface area contributed by atoms with E-state index >= 15 is 0 Å². The summed E-state index contributed by atoms with van der Waals surface area (Å²) in [6, 6.07) is 15.5. The maximum Gasteiger partial charge on any atom is 0.270 e. The summed E-state index contributed by atoms with van der Waals surface area (Å²) in [6.07, 6.45) is 0. The van der Waals surface area contributed by atoms with E-state index in [1.54, 1.807) is 22.8 Å². The Morgan fingerprint density at radius 3 is 2.85 bits per heavy atom. The third-order valence-electron chi connectivity index (χ3n) is 5.40. The van der Waals surface area contributed by atoms with Crippen LogP contribution in [0.25, 0.3) is 16.6 Å². The first-order valence-corrected chi connectivity index (χ1v) is 11.7. The molecule has 4 aromatic rings. The predicted molar refractivity (Wildman–Crippen MR) is 130 cm³/mol. The van der Waals surface area contributed by atoms with E-state index < -0.39 is 4.92 Å². The third-order valence-corrected chi connectivity index (χ3v) is 6.62. The monoisotopic (exact) mass is 495 g/mol. The molecule has 0 amide bonds. The van der Waals surface area contributed by atoms with Crippen LogP contribution in [0.2, 0.25) is 5.02 Å². The SMILES string of the molecule is Cc1cccc(-n2c(SCc3cc([N+](=O)[O-])cc4c3OCOC4)nc3cc(Cl)ccc3c2=O)c1. The van der Waals surface area contributed by atoms with Gasteiger partial charge < -0.3 is 9.47 Å². The summed E-state index contributed by atoms with van der Waals surface area (Å²) in [5, 5.41) is 12.8. The van der Waals surface area contributed by atoms with Crippen molar-refractivity contribution in [2.45, 2.75) is 24.4 Å². The second kappa shape index (κ2) is 9.09. The fourth-order valence-corrected chi connectivity index (χ4v) is 5.01. The van der Waals surface area contributed by atoms with E-state index in [1.807, 2.05) is 31.2 Å². The molecule has 0 bridgehead atoms. The summed E-state index contributed by atoms with van der Waals surface area (Å²) < 4.78 is 12.5. The second-order valence-electron chi connectivity index (χ2n) is 7.78. The molecule has 10 heteroatoms. The van der Waals surface area contributed by atoms with Gasteiger partial charge in [0.2, 0.25) is 0 Å². The molecule has 0 saturated heterocycles. The van der Waals surface area contributed by atoms with Crippen molar-refractivity contribution in [1.82, 2.24) is 9.55 Å². The largest absolute Gasteiger partial charge is 0.467 e. The number of rotatable bonds is 5. The van der Waals surface area contributed by atoms with E-state index in [0.29, 0.717) is 49.4 Å². The van der Waals surface area contributed by atoms with E-state index in [0.717, 1.165) is 5.56 Å². The van der Waals surface area contributed by atoms with Gasteiger partial charge >= 0.3 is 0 Å². The highest BCUT2D eigenvalue weighted by Crippen LogP contribution is 2.36. The Morgan fingerprint density at radius 2 is 2.06 bits per heavy atom. The van der Waals surface area contributed by atoms with Crippen LogP contribution in [0.3, 0.4) is 0 Å². The van der Waals surface area contributed by atoms with Gasteiger partial charge in [-0.25, -0.2) is 4.98 Å². The summed E-state index contributed by atoms with van der Waals surface area (Å²) in [5.41, 5.74) is 3.15. The summed E-state index contributed by atoms with van der Waals surface area (Å²) in [5.74, 6) is 0.867. The number of nitrogens with zero attached hydrogens (tertiary/aromatic N) is 3. The first-order chi connectivity index (χ1) is 16.4. The Morgan fingerprint density at radius 1 is 1.21 bits per heavy atom. The summed E-state index contributed by atoms with van der Waals surface area (Å²) in [4.78, 5) is 29.2. The first-order valence-electron chi connectivity index (χ1n) is 10.3. The van der Waals surface area contributed by atoms with Gasteiger partial charge in [0.1, 0.15) is 5.75 Å². The number of aromatic nitrogens is 2. The lowest BCUT2D eigenvalue weighted by molar-refractivity contribution is -0.385. The summed E-state index contributed by atoms with van der Waals surface area (Å²) in [7, 11) is 0. The normalized spacial score (nSPS) is 12.9. The van der Waals surface area contributed by atoms with Crippen LogP contribution in [0, 0.1) is 17.0 Å². The number of halogens is 1. The van der Waals surface area contributed by atoms with Gasteiger partial charge in [0, 0.05) is 34.0 Å². The minimum absolute atomic E-state index is 0.0437. The fourth-order valence-electron chi connectivity index (χ4n) is 3.87. The number of ether oxygens (including phenoxy) is 2. The number of nitro groups is 1. The smallest absolute Gasteiger partial charge is 0.270 e. The molecule has 1 aromatic heterocycles. The molecule has 1 aliphatic rings. The molecule has 0 N–H and O–H groups in total. The van der Waals surface area contributed by atoms with Crippen LogP contribution in [-0.2, 0) is 17.1 Å². The Labute approximate surface area is 203 Å². The lowest BCUT2D eigenvalue weighted by atomic mass is 10.1. The second-order valence-corrected chi connectivity index (χ2v) is 9.16. The van der Waals surface area contributed by atoms with Crippen LogP contribution >= 0.6 is 23.4 Å². The summed E-state index contributed by atoms with van der Waals surface area (Å²) in [6.45, 7) is 2.25. The number of non-ortho nitro benzene ring substituents is 1. The highest BCUT2D eigenvalue weighted by Gasteiger charge is 2.22. The van der Waals surface area contributed by atoms with Gasteiger partial charge in [-0.2, -0.15) is 0 Å². The molecular formula is C24H18ClN3O5S. The quantitative estimate of drug-likeness (QED) is 0.158. The molecule has 0 fully saturated rings. The van der Waals surface area contributed by atoms with Crippen LogP contribution in [0.15, 0.2) is 64.5 Å². The molecule has 3 aromatic carbocycles. The van der Waals surface area contributed by atoms with Crippen molar-refractivity contribution in [3.05, 3.63) is 96.8 Å². The molecule has 0 aliphatic carbocycles. The van der Waals surface area contributed by atoms with Crippen molar-refractivity contribution in [2.24, 2.45) is 0 Å². The van der Waals surface area contributed by atoms with Gasteiger partial charge in [0.05, 0.1) is 28.1 Å². The van der Waals surface area contributed by atoms with Crippen molar-refractivity contribution in [3.63, 3.8) is 0 Å². The Kier molecular flexibility index (Phi) is 5.99. The molecule has 0 saturated carbocycles. The number of hydrogen-bond donors (Lipinski definition) is 0. The first kappa shape index (κ1) is 22.4. The van der Waals surface area contributed by atoms with Crippen LogP contribution in [0.1, 0.15) is 16.7 Å². The van der Waals surface area contributed by atoms with Crippen LogP contribution in [-0.4, -0.2) is 21.3 Å². The zero-order valence-corrected chi connectivity index (χ0v) is 19.6. The van der Waals surface area contributed by atoms with Crippen LogP contribution in [0.5, 0.6) is 5.75 Å². The maximum absolute atomic E-state index is 13.5. The predicted octanol–water partition coefficient (Wildman–Crippen LogP) is 5.41. The lowest BCUT2D eigenvalue weighted by Crippen LogP contribution is -2.22. The minimum atomic E-state index is -0.442. The van der Waals surface area contributed by atoms with E-state index in [2.05, 4.69) is 0 Å². The van der Waals surface area contributed by atoms with Gasteiger partial charge in [-0.3, -0.25) is 19.5 Å². The highest BCUT2D eigenvalue weighted by atomic mass is 35.5. The highest BCUT2D eigenvalue weighted by molar-refractivity contribution is 7.98.